The van der Waals surface area contributed by atoms with Gasteiger partial charge in [0.15, 0.2) is 0 Å². The molecule has 0 saturated carbocycles. The van der Waals surface area contributed by atoms with Crippen molar-refractivity contribution < 1.29 is 4.74 Å². The van der Waals surface area contributed by atoms with Crippen molar-refractivity contribution >= 4 is 11.6 Å². The van der Waals surface area contributed by atoms with Crippen LogP contribution >= 0.6 is 11.6 Å². The van der Waals surface area contributed by atoms with Crippen LogP contribution in [0, 0.1) is 0 Å². The SMILES string of the molecule is CC(CCCl)NCC1OCCc2ccccc21. The van der Waals surface area contributed by atoms with Crippen molar-refractivity contribution in [3.05, 3.63) is 35.4 Å². The van der Waals surface area contributed by atoms with E-state index in [0.717, 1.165) is 26.0 Å². The molecule has 94 valence electrons. The number of benzene rings is 1. The molecule has 1 heterocycles. The van der Waals surface area contributed by atoms with E-state index in [1.807, 2.05) is 0 Å². The van der Waals surface area contributed by atoms with Crippen LogP contribution in [-0.2, 0) is 11.2 Å². The van der Waals surface area contributed by atoms with Gasteiger partial charge in [0.1, 0.15) is 0 Å². The predicted octanol–water partition coefficient (Wildman–Crippen LogP) is 2.91. The standard InChI is InChI=1S/C14H20ClNO/c1-11(6-8-15)16-10-14-13-5-3-2-4-12(13)7-9-17-14/h2-5,11,14,16H,6-10H2,1H3. The maximum Gasteiger partial charge on any atom is 0.0952 e. The van der Waals surface area contributed by atoms with Crippen LogP contribution in [0.5, 0.6) is 0 Å². The molecule has 0 spiro atoms. The largest absolute Gasteiger partial charge is 0.372 e. The summed E-state index contributed by atoms with van der Waals surface area (Å²) in [6, 6.07) is 9.01. The molecule has 0 radical (unpaired) electrons. The van der Waals surface area contributed by atoms with E-state index < -0.39 is 0 Å². The lowest BCUT2D eigenvalue weighted by Crippen LogP contribution is -2.33. The third-order valence-corrected chi connectivity index (χ3v) is 3.50. The minimum Gasteiger partial charge on any atom is -0.372 e. The van der Waals surface area contributed by atoms with Crippen LogP contribution in [-0.4, -0.2) is 25.1 Å². The van der Waals surface area contributed by atoms with Crippen molar-refractivity contribution in [2.45, 2.75) is 31.9 Å². The second-order valence-corrected chi connectivity index (χ2v) is 4.97. The van der Waals surface area contributed by atoms with E-state index in [2.05, 4.69) is 36.5 Å². The Bertz CT molecular complexity index is 356. The fourth-order valence-electron chi connectivity index (χ4n) is 2.22. The molecule has 0 aliphatic carbocycles. The van der Waals surface area contributed by atoms with E-state index in [-0.39, 0.29) is 6.10 Å². The molecule has 0 fully saturated rings. The maximum absolute atomic E-state index is 5.84. The van der Waals surface area contributed by atoms with Gasteiger partial charge in [-0.15, -0.1) is 11.6 Å². The van der Waals surface area contributed by atoms with Crippen molar-refractivity contribution in [1.29, 1.82) is 0 Å². The van der Waals surface area contributed by atoms with Gasteiger partial charge in [-0.1, -0.05) is 24.3 Å². The van der Waals surface area contributed by atoms with E-state index in [4.69, 9.17) is 16.3 Å². The van der Waals surface area contributed by atoms with E-state index in [9.17, 15) is 0 Å². The summed E-state index contributed by atoms with van der Waals surface area (Å²) in [7, 11) is 0. The van der Waals surface area contributed by atoms with E-state index in [1.165, 1.54) is 11.1 Å². The number of fused-ring (bicyclic) bond motifs is 1. The highest BCUT2D eigenvalue weighted by Gasteiger charge is 2.20. The molecule has 2 atom stereocenters. The third kappa shape index (κ3) is 3.44. The summed E-state index contributed by atoms with van der Waals surface area (Å²) in [5.74, 6) is 0.705. The van der Waals surface area contributed by atoms with Crippen LogP contribution in [0.15, 0.2) is 24.3 Å². The monoisotopic (exact) mass is 253 g/mol. The van der Waals surface area contributed by atoms with E-state index in [0.29, 0.717) is 11.9 Å². The van der Waals surface area contributed by atoms with Gasteiger partial charge < -0.3 is 10.1 Å². The van der Waals surface area contributed by atoms with Crippen LogP contribution in [0.25, 0.3) is 0 Å². The van der Waals surface area contributed by atoms with Gasteiger partial charge in [0.05, 0.1) is 12.7 Å². The molecule has 1 aromatic rings. The van der Waals surface area contributed by atoms with E-state index >= 15 is 0 Å². The highest BCUT2D eigenvalue weighted by Crippen LogP contribution is 2.26. The summed E-state index contributed by atoms with van der Waals surface area (Å²) in [6.45, 7) is 3.86. The molecule has 0 bridgehead atoms. The number of ether oxygens (including phenoxy) is 1. The second-order valence-electron chi connectivity index (χ2n) is 4.60. The first-order valence-electron chi connectivity index (χ1n) is 6.30. The minimum atomic E-state index is 0.192. The van der Waals surface area contributed by atoms with Crippen LogP contribution < -0.4 is 5.32 Å². The average Bonchev–Trinajstić information content (AvgIpc) is 2.36. The summed E-state index contributed by atoms with van der Waals surface area (Å²) < 4.78 is 5.84. The molecule has 1 N–H and O–H groups in total. The lowest BCUT2D eigenvalue weighted by Gasteiger charge is -2.27. The van der Waals surface area contributed by atoms with E-state index in [1.54, 1.807) is 0 Å². The number of halogens is 1. The summed E-state index contributed by atoms with van der Waals surface area (Å²) in [5, 5.41) is 3.48. The quantitative estimate of drug-likeness (QED) is 0.815. The average molecular weight is 254 g/mol. The molecule has 0 aromatic heterocycles. The number of alkyl halides is 1. The second kappa shape index (κ2) is 6.39. The van der Waals surface area contributed by atoms with Gasteiger partial charge in [0.2, 0.25) is 0 Å². The van der Waals surface area contributed by atoms with Crippen molar-refractivity contribution in [2.75, 3.05) is 19.0 Å². The highest BCUT2D eigenvalue weighted by molar-refractivity contribution is 6.17. The number of hydrogen-bond donors (Lipinski definition) is 1. The predicted molar refractivity (Wildman–Crippen MR) is 71.6 cm³/mol. The van der Waals surface area contributed by atoms with Crippen LogP contribution in [0.1, 0.15) is 30.6 Å². The van der Waals surface area contributed by atoms with Crippen molar-refractivity contribution in [2.24, 2.45) is 0 Å². The number of hydrogen-bond acceptors (Lipinski definition) is 2. The normalized spacial score (nSPS) is 20.9. The van der Waals surface area contributed by atoms with Crippen molar-refractivity contribution in [3.63, 3.8) is 0 Å². The Balaban J connectivity index is 1.94. The molecule has 2 nitrogen and oxygen atoms in total. The topological polar surface area (TPSA) is 21.3 Å². The molecule has 1 aliphatic rings. The van der Waals surface area contributed by atoms with Gasteiger partial charge in [-0.2, -0.15) is 0 Å². The molecule has 1 aromatic carbocycles. The number of rotatable bonds is 5. The van der Waals surface area contributed by atoms with Gasteiger partial charge >= 0.3 is 0 Å². The molecule has 3 heteroatoms. The Morgan fingerprint density at radius 3 is 3.12 bits per heavy atom. The van der Waals surface area contributed by atoms with Gasteiger partial charge in [-0.25, -0.2) is 0 Å². The van der Waals surface area contributed by atoms with Gasteiger partial charge in [-0.05, 0) is 30.9 Å². The summed E-state index contributed by atoms with van der Waals surface area (Å²) in [4.78, 5) is 0. The summed E-state index contributed by atoms with van der Waals surface area (Å²) in [6.07, 6.45) is 2.22. The van der Waals surface area contributed by atoms with Crippen LogP contribution in [0.4, 0.5) is 0 Å². The van der Waals surface area contributed by atoms with Gasteiger partial charge in [-0.3, -0.25) is 0 Å². The zero-order valence-corrected chi connectivity index (χ0v) is 11.0. The minimum absolute atomic E-state index is 0.192. The zero-order chi connectivity index (χ0) is 12.1. The van der Waals surface area contributed by atoms with Crippen molar-refractivity contribution in [1.82, 2.24) is 5.32 Å². The Morgan fingerprint density at radius 2 is 2.29 bits per heavy atom. The van der Waals surface area contributed by atoms with Gasteiger partial charge in [0.25, 0.3) is 0 Å². The Hall–Kier alpha value is -0.570. The van der Waals surface area contributed by atoms with Crippen LogP contribution in [0.2, 0.25) is 0 Å². The van der Waals surface area contributed by atoms with Crippen LogP contribution in [0.3, 0.4) is 0 Å². The molecule has 0 saturated heterocycles. The van der Waals surface area contributed by atoms with Crippen molar-refractivity contribution in [3.8, 4) is 0 Å². The molecule has 17 heavy (non-hydrogen) atoms. The molecule has 2 unspecified atom stereocenters. The molecular weight excluding hydrogens is 234 g/mol. The molecule has 0 amide bonds. The number of nitrogens with one attached hydrogen (secondary N) is 1. The fraction of sp³-hybridized carbons (Fsp3) is 0.571. The Morgan fingerprint density at radius 1 is 1.47 bits per heavy atom. The lowest BCUT2D eigenvalue weighted by molar-refractivity contribution is 0.0409. The summed E-state index contributed by atoms with van der Waals surface area (Å²) in [5.41, 5.74) is 2.76. The Labute approximate surface area is 108 Å². The smallest absolute Gasteiger partial charge is 0.0952 e. The maximum atomic E-state index is 5.84. The Kier molecular flexibility index (Phi) is 4.84. The first-order chi connectivity index (χ1) is 8.31. The molecule has 2 rings (SSSR count). The van der Waals surface area contributed by atoms with Gasteiger partial charge in [0, 0.05) is 18.5 Å². The fourth-order valence-corrected chi connectivity index (χ4v) is 2.55. The first kappa shape index (κ1) is 12.9. The first-order valence-corrected chi connectivity index (χ1v) is 6.83. The summed E-state index contributed by atoms with van der Waals surface area (Å²) >= 11 is 5.73. The zero-order valence-electron chi connectivity index (χ0n) is 10.3. The lowest BCUT2D eigenvalue weighted by atomic mass is 9.97. The molecule has 1 aliphatic heterocycles. The molecular formula is C14H20ClNO. The third-order valence-electron chi connectivity index (χ3n) is 3.29. The highest BCUT2D eigenvalue weighted by atomic mass is 35.5.